The van der Waals surface area contributed by atoms with E-state index in [1.54, 1.807) is 18.2 Å². The van der Waals surface area contributed by atoms with E-state index in [-0.39, 0.29) is 16.7 Å². The van der Waals surface area contributed by atoms with Gasteiger partial charge in [-0.3, -0.25) is 14.4 Å². The first kappa shape index (κ1) is 22.9. The molecule has 0 fully saturated rings. The lowest BCUT2D eigenvalue weighted by Gasteiger charge is -2.17. The van der Waals surface area contributed by atoms with E-state index >= 15 is 0 Å². The number of aryl methyl sites for hydroxylation is 3. The van der Waals surface area contributed by atoms with E-state index in [9.17, 15) is 19.2 Å². The lowest BCUT2D eigenvalue weighted by molar-refractivity contribution is -0.123. The molecule has 0 bridgehead atoms. The SMILES string of the molecule is Cc1ccc(NC(=O)C(C)OC(=O)c2ccc3c(c2)C(=O)N(c2cc(C)ccc2C)C3=O)cc1. The first-order chi connectivity index (χ1) is 16.2. The third kappa shape index (κ3) is 4.32. The van der Waals surface area contributed by atoms with Crippen molar-refractivity contribution in [2.24, 2.45) is 0 Å². The average molecular weight is 456 g/mol. The largest absolute Gasteiger partial charge is 0.449 e. The van der Waals surface area contributed by atoms with Gasteiger partial charge in [0.2, 0.25) is 0 Å². The Labute approximate surface area is 197 Å². The summed E-state index contributed by atoms with van der Waals surface area (Å²) in [6, 6.07) is 17.0. The van der Waals surface area contributed by atoms with Gasteiger partial charge in [0.1, 0.15) is 0 Å². The number of fused-ring (bicyclic) bond motifs is 1. The van der Waals surface area contributed by atoms with Crippen LogP contribution in [0.5, 0.6) is 0 Å². The van der Waals surface area contributed by atoms with Crippen LogP contribution < -0.4 is 10.2 Å². The van der Waals surface area contributed by atoms with Gasteiger partial charge in [-0.05, 0) is 75.2 Å². The number of hydrogen-bond acceptors (Lipinski definition) is 5. The molecule has 0 spiro atoms. The molecule has 0 radical (unpaired) electrons. The van der Waals surface area contributed by atoms with Gasteiger partial charge in [0, 0.05) is 5.69 Å². The highest BCUT2D eigenvalue weighted by Crippen LogP contribution is 2.32. The van der Waals surface area contributed by atoms with Crippen LogP contribution in [0.1, 0.15) is 54.7 Å². The molecule has 34 heavy (non-hydrogen) atoms. The predicted octanol–water partition coefficient (Wildman–Crippen LogP) is 4.60. The van der Waals surface area contributed by atoms with Gasteiger partial charge in [-0.15, -0.1) is 0 Å². The average Bonchev–Trinajstić information content (AvgIpc) is 3.06. The summed E-state index contributed by atoms with van der Waals surface area (Å²) in [6.07, 6.45) is -1.06. The van der Waals surface area contributed by atoms with E-state index in [1.165, 1.54) is 25.1 Å². The Balaban J connectivity index is 1.50. The second-order valence-corrected chi connectivity index (χ2v) is 8.40. The number of rotatable bonds is 5. The minimum absolute atomic E-state index is 0.0812. The highest BCUT2D eigenvalue weighted by Gasteiger charge is 2.38. The quantitative estimate of drug-likeness (QED) is 0.448. The maximum atomic E-state index is 13.1. The van der Waals surface area contributed by atoms with Crippen molar-refractivity contribution < 1.29 is 23.9 Å². The summed E-state index contributed by atoms with van der Waals surface area (Å²) in [4.78, 5) is 52.3. The summed E-state index contributed by atoms with van der Waals surface area (Å²) in [7, 11) is 0. The van der Waals surface area contributed by atoms with Crippen molar-refractivity contribution in [3.8, 4) is 0 Å². The van der Waals surface area contributed by atoms with Gasteiger partial charge in [-0.1, -0.05) is 29.8 Å². The molecule has 0 saturated carbocycles. The number of ether oxygens (including phenoxy) is 1. The number of carbonyl (C=O) groups is 4. The molecule has 0 aromatic heterocycles. The molecule has 1 heterocycles. The van der Waals surface area contributed by atoms with E-state index in [0.717, 1.165) is 21.6 Å². The number of anilines is 2. The number of hydrogen-bond donors (Lipinski definition) is 1. The highest BCUT2D eigenvalue weighted by atomic mass is 16.5. The molecular weight excluding hydrogens is 432 g/mol. The van der Waals surface area contributed by atoms with Crippen LogP contribution >= 0.6 is 0 Å². The Morgan fingerprint density at radius 2 is 1.47 bits per heavy atom. The first-order valence-electron chi connectivity index (χ1n) is 10.8. The molecule has 0 saturated heterocycles. The fraction of sp³-hybridized carbons (Fsp3) is 0.185. The van der Waals surface area contributed by atoms with Crippen LogP contribution in [0.2, 0.25) is 0 Å². The standard InChI is InChI=1S/C27H24N2O5/c1-15-6-10-20(11-7-15)28-24(30)18(4)34-27(33)19-9-12-21-22(14-19)26(32)29(25(21)31)23-13-16(2)5-8-17(23)3/h5-14,18H,1-4H3,(H,28,30). The summed E-state index contributed by atoms with van der Waals surface area (Å²) in [5.41, 5.74) is 4.27. The van der Waals surface area contributed by atoms with Crippen molar-refractivity contribution in [2.75, 3.05) is 10.2 Å². The number of nitrogens with one attached hydrogen (secondary N) is 1. The molecular formula is C27H24N2O5. The van der Waals surface area contributed by atoms with Crippen molar-refractivity contribution in [1.82, 2.24) is 0 Å². The van der Waals surface area contributed by atoms with Crippen LogP contribution in [0.25, 0.3) is 0 Å². The van der Waals surface area contributed by atoms with Gasteiger partial charge in [0.05, 0.1) is 22.4 Å². The summed E-state index contributed by atoms with van der Waals surface area (Å²) < 4.78 is 5.30. The zero-order valence-corrected chi connectivity index (χ0v) is 19.3. The maximum Gasteiger partial charge on any atom is 0.338 e. The summed E-state index contributed by atoms with van der Waals surface area (Å²) in [5.74, 6) is -2.20. The first-order valence-corrected chi connectivity index (χ1v) is 10.8. The number of esters is 1. The minimum atomic E-state index is -1.06. The van der Waals surface area contributed by atoms with Crippen LogP contribution in [0.15, 0.2) is 60.7 Å². The molecule has 3 aromatic carbocycles. The van der Waals surface area contributed by atoms with Gasteiger partial charge >= 0.3 is 5.97 Å². The molecule has 1 atom stereocenters. The molecule has 4 rings (SSSR count). The fourth-order valence-electron chi connectivity index (χ4n) is 3.71. The predicted molar refractivity (Wildman–Crippen MR) is 128 cm³/mol. The maximum absolute atomic E-state index is 13.1. The van der Waals surface area contributed by atoms with Crippen LogP contribution in [-0.2, 0) is 9.53 Å². The van der Waals surface area contributed by atoms with Gasteiger partial charge in [-0.2, -0.15) is 0 Å². The molecule has 1 N–H and O–H groups in total. The topological polar surface area (TPSA) is 92.8 Å². The van der Waals surface area contributed by atoms with E-state index in [4.69, 9.17) is 4.74 Å². The Kier molecular flexibility index (Phi) is 6.03. The summed E-state index contributed by atoms with van der Waals surface area (Å²) >= 11 is 0. The molecule has 1 unspecified atom stereocenters. The molecule has 7 nitrogen and oxygen atoms in total. The van der Waals surface area contributed by atoms with E-state index in [1.807, 2.05) is 45.0 Å². The van der Waals surface area contributed by atoms with Crippen molar-refractivity contribution in [2.45, 2.75) is 33.8 Å². The Bertz CT molecular complexity index is 1330. The highest BCUT2D eigenvalue weighted by molar-refractivity contribution is 6.35. The van der Waals surface area contributed by atoms with E-state index in [2.05, 4.69) is 5.32 Å². The van der Waals surface area contributed by atoms with Crippen molar-refractivity contribution in [3.63, 3.8) is 0 Å². The van der Waals surface area contributed by atoms with Crippen molar-refractivity contribution >= 4 is 35.1 Å². The summed E-state index contributed by atoms with van der Waals surface area (Å²) in [5, 5.41) is 2.69. The van der Waals surface area contributed by atoms with Crippen LogP contribution in [-0.4, -0.2) is 29.8 Å². The number of imide groups is 1. The third-order valence-electron chi connectivity index (χ3n) is 5.70. The van der Waals surface area contributed by atoms with E-state index < -0.39 is 29.8 Å². The van der Waals surface area contributed by atoms with Gasteiger partial charge in [0.15, 0.2) is 6.10 Å². The van der Waals surface area contributed by atoms with Crippen LogP contribution in [0.4, 0.5) is 11.4 Å². The molecule has 0 aliphatic carbocycles. The normalized spacial score (nSPS) is 13.5. The fourth-order valence-corrected chi connectivity index (χ4v) is 3.71. The Hall–Kier alpha value is -4.26. The van der Waals surface area contributed by atoms with Crippen LogP contribution in [0.3, 0.4) is 0 Å². The lowest BCUT2D eigenvalue weighted by Crippen LogP contribution is -2.30. The molecule has 7 heteroatoms. The van der Waals surface area contributed by atoms with Gasteiger partial charge in [0.25, 0.3) is 17.7 Å². The van der Waals surface area contributed by atoms with E-state index in [0.29, 0.717) is 11.4 Å². The minimum Gasteiger partial charge on any atom is -0.449 e. The number of carbonyl (C=O) groups excluding carboxylic acids is 4. The molecule has 3 aromatic rings. The second-order valence-electron chi connectivity index (χ2n) is 8.40. The number of nitrogens with zero attached hydrogens (tertiary/aromatic N) is 1. The van der Waals surface area contributed by atoms with Crippen molar-refractivity contribution in [3.05, 3.63) is 94.0 Å². The van der Waals surface area contributed by atoms with Gasteiger partial charge < -0.3 is 10.1 Å². The second kappa shape index (κ2) is 8.94. The summed E-state index contributed by atoms with van der Waals surface area (Å²) in [6.45, 7) is 7.10. The smallest absolute Gasteiger partial charge is 0.338 e. The molecule has 3 amide bonds. The lowest BCUT2D eigenvalue weighted by atomic mass is 10.1. The molecule has 172 valence electrons. The Morgan fingerprint density at radius 1 is 0.824 bits per heavy atom. The number of amides is 3. The monoisotopic (exact) mass is 456 g/mol. The Morgan fingerprint density at radius 3 is 2.18 bits per heavy atom. The van der Waals surface area contributed by atoms with Crippen molar-refractivity contribution in [1.29, 1.82) is 0 Å². The zero-order valence-electron chi connectivity index (χ0n) is 19.3. The third-order valence-corrected chi connectivity index (χ3v) is 5.70. The molecule has 1 aliphatic rings. The number of benzene rings is 3. The van der Waals surface area contributed by atoms with Crippen LogP contribution in [0, 0.1) is 20.8 Å². The zero-order chi connectivity index (χ0) is 24.6. The van der Waals surface area contributed by atoms with Gasteiger partial charge in [-0.25, -0.2) is 9.69 Å². The molecule has 1 aliphatic heterocycles.